The number of benzene rings is 3. The summed E-state index contributed by atoms with van der Waals surface area (Å²) in [5.74, 6) is 3.06. The minimum Gasteiger partial charge on any atom is -0.459 e. The van der Waals surface area contributed by atoms with Gasteiger partial charge in [0.1, 0.15) is 12.3 Å². The number of hydrogen-bond acceptors (Lipinski definition) is 8. The van der Waals surface area contributed by atoms with E-state index in [9.17, 15) is 27.1 Å². The van der Waals surface area contributed by atoms with Crippen LogP contribution in [-0.2, 0) is 35.8 Å². The zero-order valence-corrected chi connectivity index (χ0v) is 19.4. The van der Waals surface area contributed by atoms with Gasteiger partial charge in [-0.25, -0.2) is 10.6 Å². The van der Waals surface area contributed by atoms with Gasteiger partial charge in [0.2, 0.25) is 0 Å². The van der Waals surface area contributed by atoms with Crippen LogP contribution < -0.4 is 16.3 Å². The van der Waals surface area contributed by atoms with Crippen molar-refractivity contribution in [2.45, 2.75) is 23.8 Å². The van der Waals surface area contributed by atoms with Gasteiger partial charge in [-0.1, -0.05) is 48.5 Å². The van der Waals surface area contributed by atoms with Crippen molar-refractivity contribution in [3.63, 3.8) is 0 Å². The van der Waals surface area contributed by atoms with E-state index >= 15 is 0 Å². The summed E-state index contributed by atoms with van der Waals surface area (Å²) in [4.78, 5) is 26.3. The number of carbonyl (C=O) groups is 2. The highest BCUT2D eigenvalue weighted by Crippen LogP contribution is 2.41. The number of amides is 1. The molecular weight excluding hydrogens is 483 g/mol. The van der Waals surface area contributed by atoms with Gasteiger partial charge in [-0.05, 0) is 27.6 Å². The molecule has 13 heteroatoms. The molecule has 11 nitrogen and oxygen atoms in total. The molecule has 0 aliphatic carbocycles. The van der Waals surface area contributed by atoms with Crippen LogP contribution in [0.1, 0.15) is 12.0 Å². The van der Waals surface area contributed by atoms with E-state index in [0.29, 0.717) is 10.6 Å². The number of rotatable bonds is 6. The van der Waals surface area contributed by atoms with Gasteiger partial charge in [-0.2, -0.15) is 13.1 Å². The van der Waals surface area contributed by atoms with Crippen LogP contribution >= 0.6 is 8.46 Å². The lowest BCUT2D eigenvalue weighted by Gasteiger charge is -2.45. The Balaban J connectivity index is 1.78. The van der Waals surface area contributed by atoms with Crippen LogP contribution in [0.5, 0.6) is 0 Å². The molecule has 1 fully saturated rings. The molecule has 34 heavy (non-hydrogen) atoms. The van der Waals surface area contributed by atoms with Crippen molar-refractivity contribution in [3.05, 3.63) is 60.2 Å². The van der Waals surface area contributed by atoms with E-state index in [-0.39, 0.29) is 13.2 Å². The summed E-state index contributed by atoms with van der Waals surface area (Å²) < 4.78 is 51.8. The molecular formula is C21H21N4O7PS. The molecule has 0 aromatic heterocycles. The number of ether oxygens (including phenoxy) is 1. The molecule has 0 radical (unpaired) electrons. The Bertz CT molecular complexity index is 1380. The van der Waals surface area contributed by atoms with Gasteiger partial charge < -0.3 is 10.5 Å². The molecule has 1 aliphatic heterocycles. The van der Waals surface area contributed by atoms with Crippen molar-refractivity contribution in [1.29, 1.82) is 0 Å². The normalized spacial score (nSPS) is 23.5. The second-order valence-electron chi connectivity index (χ2n) is 7.97. The van der Waals surface area contributed by atoms with Crippen molar-refractivity contribution in [2.75, 3.05) is 6.54 Å². The average molecular weight is 504 g/mol. The molecule has 3 aromatic rings. The van der Waals surface area contributed by atoms with E-state index in [1.807, 2.05) is 54.6 Å². The van der Waals surface area contributed by atoms with E-state index in [4.69, 9.17) is 16.3 Å². The summed E-state index contributed by atoms with van der Waals surface area (Å²) in [6.45, 7) is -0.603. The summed E-state index contributed by atoms with van der Waals surface area (Å²) in [6, 6.07) is 16.8. The van der Waals surface area contributed by atoms with Gasteiger partial charge in [-0.3, -0.25) is 18.9 Å². The molecule has 1 heterocycles. The van der Waals surface area contributed by atoms with E-state index < -0.39 is 47.9 Å². The van der Waals surface area contributed by atoms with Crippen LogP contribution in [0.2, 0.25) is 0 Å². The zero-order chi connectivity index (χ0) is 24.7. The highest BCUT2D eigenvalue weighted by molar-refractivity contribution is 7.83. The number of hydrogen-bond donors (Lipinski definition) is 4. The number of nitrogens with zero attached hydrogens (tertiary/aromatic N) is 1. The monoisotopic (exact) mass is 504 g/mol. The molecule has 178 valence electrons. The Labute approximate surface area is 196 Å². The lowest BCUT2D eigenvalue weighted by atomic mass is 9.85. The minimum absolute atomic E-state index is 0.267. The first-order valence-electron chi connectivity index (χ1n) is 10.1. The second-order valence-corrected chi connectivity index (χ2v) is 9.98. The topological polar surface area (TPSA) is 182 Å². The molecule has 2 atom stereocenters. The van der Waals surface area contributed by atoms with Gasteiger partial charge in [0.05, 0.1) is 0 Å². The molecule has 1 amide bonds. The molecule has 3 aromatic carbocycles. The van der Waals surface area contributed by atoms with Crippen molar-refractivity contribution < 1.29 is 31.9 Å². The first-order valence-corrected chi connectivity index (χ1v) is 12.3. The molecule has 6 N–H and O–H groups in total. The molecule has 0 spiro atoms. The number of esters is 1. The fraction of sp³-hybridized carbons (Fsp3) is 0.238. The fourth-order valence-electron chi connectivity index (χ4n) is 4.27. The van der Waals surface area contributed by atoms with E-state index in [0.717, 1.165) is 21.5 Å². The lowest BCUT2D eigenvalue weighted by molar-refractivity contribution is -0.160. The van der Waals surface area contributed by atoms with Crippen LogP contribution in [0.15, 0.2) is 54.6 Å². The molecule has 0 unspecified atom stereocenters. The van der Waals surface area contributed by atoms with Crippen LogP contribution in [0, 0.1) is 0 Å². The largest absolute Gasteiger partial charge is 0.459 e. The summed E-state index contributed by atoms with van der Waals surface area (Å²) in [5.41, 5.74) is 4.24. The highest BCUT2D eigenvalue weighted by Gasteiger charge is 2.67. The number of carbonyl (C=O) groups excluding carboxylic acids is 2. The predicted octanol–water partition coefficient (Wildman–Crippen LogP) is 1.22. The van der Waals surface area contributed by atoms with Crippen LogP contribution in [-0.4, -0.2) is 47.2 Å². The van der Waals surface area contributed by atoms with Gasteiger partial charge >= 0.3 is 16.3 Å². The summed E-state index contributed by atoms with van der Waals surface area (Å²) in [5, 5.41) is 1.17. The molecule has 1 saturated heterocycles. The molecule has 0 bridgehead atoms. The summed E-state index contributed by atoms with van der Waals surface area (Å²) >= 11 is 0. The number of piperidine rings is 1. The lowest BCUT2D eigenvalue weighted by Crippen LogP contribution is -2.79. The van der Waals surface area contributed by atoms with Gasteiger partial charge in [0, 0.05) is 18.5 Å². The van der Waals surface area contributed by atoms with Gasteiger partial charge in [0.25, 0.3) is 11.1 Å². The maximum atomic E-state index is 13.3. The van der Waals surface area contributed by atoms with Crippen molar-refractivity contribution in [3.8, 4) is 0 Å². The Hall–Kier alpha value is -2.99. The second kappa shape index (κ2) is 8.66. The highest BCUT2D eigenvalue weighted by atomic mass is 32.2. The standard InChI is InChI=1S/C21H21N4O7PS/c22-20(24-34(29,30)31)9-10-25(23)18(26)21(20,33-28)19(27)32-12-17-15-7-3-1-5-13(15)11-14-6-2-4-8-16(14)17/h1-8,11,24H,9-10,12,22-23H2,(H,29,30,31)/t20-,21-/m1/s1. The van der Waals surface area contributed by atoms with E-state index in [1.54, 1.807) is 4.72 Å². The van der Waals surface area contributed by atoms with E-state index in [1.165, 1.54) is 0 Å². The smallest absolute Gasteiger partial charge is 0.337 e. The van der Waals surface area contributed by atoms with Gasteiger partial charge in [0.15, 0.2) is 8.46 Å². The number of fused-ring (bicyclic) bond motifs is 2. The van der Waals surface area contributed by atoms with E-state index in [2.05, 4.69) is 0 Å². The SMILES string of the molecule is NN1CC[C@@](N)(NS(=O)(=O)O)[C@](P=O)(C(=O)OCc2c3ccccc3cc3ccccc23)C1=O. The Morgan fingerprint density at radius 1 is 1.15 bits per heavy atom. The molecule has 0 saturated carbocycles. The van der Waals surface area contributed by atoms with Crippen molar-refractivity contribution >= 4 is 52.2 Å². The Morgan fingerprint density at radius 2 is 1.71 bits per heavy atom. The van der Waals surface area contributed by atoms with Crippen molar-refractivity contribution in [2.24, 2.45) is 11.6 Å². The number of nitrogens with two attached hydrogens (primary N) is 2. The number of nitrogens with one attached hydrogen (secondary N) is 1. The quantitative estimate of drug-likeness (QED) is 0.0560. The Kier molecular flexibility index (Phi) is 6.15. The summed E-state index contributed by atoms with van der Waals surface area (Å²) in [6.07, 6.45) is -0.420. The van der Waals surface area contributed by atoms with Crippen molar-refractivity contribution in [1.82, 2.24) is 9.73 Å². The molecule has 4 rings (SSSR count). The first kappa shape index (κ1) is 24.1. The van der Waals surface area contributed by atoms with Crippen LogP contribution in [0.25, 0.3) is 21.5 Å². The maximum absolute atomic E-state index is 13.3. The minimum atomic E-state index is -5.00. The van der Waals surface area contributed by atoms with Crippen LogP contribution in [0.4, 0.5) is 0 Å². The maximum Gasteiger partial charge on any atom is 0.337 e. The van der Waals surface area contributed by atoms with Crippen LogP contribution in [0.3, 0.4) is 0 Å². The molecule has 1 aliphatic rings. The number of hydrazine groups is 1. The average Bonchev–Trinajstić information content (AvgIpc) is 2.79. The fourth-order valence-corrected chi connectivity index (χ4v) is 5.73. The zero-order valence-electron chi connectivity index (χ0n) is 17.7. The third-order valence-corrected chi connectivity index (χ3v) is 7.61. The summed E-state index contributed by atoms with van der Waals surface area (Å²) in [7, 11) is -6.16. The third-order valence-electron chi connectivity index (χ3n) is 5.94. The third kappa shape index (κ3) is 3.94. The predicted molar refractivity (Wildman–Crippen MR) is 124 cm³/mol. The van der Waals surface area contributed by atoms with Gasteiger partial charge in [-0.15, -0.1) is 0 Å². The Morgan fingerprint density at radius 3 is 2.24 bits per heavy atom. The first-order chi connectivity index (χ1) is 16.0.